The van der Waals surface area contributed by atoms with E-state index >= 15 is 0 Å². The molecule has 0 radical (unpaired) electrons. The third kappa shape index (κ3) is 1.95. The van der Waals surface area contributed by atoms with Gasteiger partial charge in [0.1, 0.15) is 0 Å². The summed E-state index contributed by atoms with van der Waals surface area (Å²) in [6.07, 6.45) is 0. The second-order valence-corrected chi connectivity index (χ2v) is 2.85. The minimum Gasteiger partial charge on any atom is -0.447 e. The molecule has 62 valence electrons. The Morgan fingerprint density at radius 3 is 2.17 bits per heavy atom. The van der Waals surface area contributed by atoms with Crippen LogP contribution in [-0.2, 0) is 0 Å². The number of hydrogen-bond donors (Lipinski definition) is 1. The first-order chi connectivity index (χ1) is 5.61. The molecule has 0 aromatic heterocycles. The van der Waals surface area contributed by atoms with E-state index in [1.807, 2.05) is 0 Å². The van der Waals surface area contributed by atoms with Gasteiger partial charge in [-0.05, 0) is 12.4 Å². The van der Waals surface area contributed by atoms with E-state index in [1.54, 1.807) is 31.1 Å². The first-order valence-corrected chi connectivity index (χ1v) is 3.90. The number of carbonyl (C=O) groups excluding carboxylic acids is 1. The highest BCUT2D eigenvalue weighted by atomic mass is 16.2. The van der Waals surface area contributed by atoms with E-state index in [4.69, 9.17) is 5.02 Å². The van der Waals surface area contributed by atoms with Crippen molar-refractivity contribution >= 4 is 18.2 Å². The third-order valence-corrected chi connectivity index (χ3v) is 1.80. The number of Topliss-reactive ketones (excluding diaryl/α,β-unsaturated/α-hetero) is 1. The fraction of sp³-hybridized carbons (Fsp3) is 0.222. The van der Waals surface area contributed by atoms with Gasteiger partial charge in [-0.1, -0.05) is 31.1 Å². The van der Waals surface area contributed by atoms with Crippen molar-refractivity contribution in [1.29, 1.82) is 0 Å². The van der Waals surface area contributed by atoms with Gasteiger partial charge in [0.25, 0.3) is 0 Å². The van der Waals surface area contributed by atoms with Crippen molar-refractivity contribution in [2.75, 3.05) is 0 Å². The number of rotatable bonds is 2. The molecule has 1 aromatic carbocycles. The molecule has 0 heterocycles. The summed E-state index contributed by atoms with van der Waals surface area (Å²) in [5, 5.41) is 9.17. The van der Waals surface area contributed by atoms with Gasteiger partial charge >= 0.3 is 6.92 Å². The average molecular weight is 162 g/mol. The summed E-state index contributed by atoms with van der Waals surface area (Å²) in [6.45, 7) is 2.76. The highest BCUT2D eigenvalue weighted by Crippen LogP contribution is 1.97. The lowest BCUT2D eigenvalue weighted by Gasteiger charge is -2.00. The second kappa shape index (κ2) is 3.54. The lowest BCUT2D eigenvalue weighted by Crippen LogP contribution is -2.25. The van der Waals surface area contributed by atoms with Gasteiger partial charge in [0.2, 0.25) is 0 Å². The lowest BCUT2D eigenvalue weighted by atomic mass is 9.64. The molecule has 1 rings (SSSR count). The molecule has 0 atom stereocenters. The first kappa shape index (κ1) is 9.01. The van der Waals surface area contributed by atoms with Crippen LogP contribution in [0.2, 0.25) is 6.82 Å². The molecule has 0 bridgehead atoms. The van der Waals surface area contributed by atoms with Gasteiger partial charge in [0.15, 0.2) is 5.78 Å². The standard InChI is InChI=1S/C9H11BO2/c1-7(11)8-3-5-9(6-4-8)10(2)12/h3-6,12H,1-2H3. The van der Waals surface area contributed by atoms with Gasteiger partial charge in [-0.15, -0.1) is 0 Å². The zero-order valence-electron chi connectivity index (χ0n) is 7.24. The zero-order valence-corrected chi connectivity index (χ0v) is 7.24. The Bertz CT molecular complexity index is 277. The Labute approximate surface area is 72.3 Å². The summed E-state index contributed by atoms with van der Waals surface area (Å²) >= 11 is 0. The number of hydrogen-bond acceptors (Lipinski definition) is 2. The fourth-order valence-electron chi connectivity index (χ4n) is 0.996. The molecule has 0 aliphatic carbocycles. The molecule has 12 heavy (non-hydrogen) atoms. The Balaban J connectivity index is 2.93. The maximum Gasteiger partial charge on any atom is 0.320 e. The van der Waals surface area contributed by atoms with Gasteiger partial charge < -0.3 is 5.02 Å². The van der Waals surface area contributed by atoms with E-state index in [-0.39, 0.29) is 5.78 Å². The fourth-order valence-corrected chi connectivity index (χ4v) is 0.996. The molecule has 0 unspecified atom stereocenters. The first-order valence-electron chi connectivity index (χ1n) is 3.90. The summed E-state index contributed by atoms with van der Waals surface area (Å²) in [4.78, 5) is 10.9. The maximum absolute atomic E-state index is 10.9. The van der Waals surface area contributed by atoms with Crippen LogP contribution in [-0.4, -0.2) is 17.7 Å². The molecule has 2 nitrogen and oxygen atoms in total. The molecule has 0 fully saturated rings. The molecular weight excluding hydrogens is 151 g/mol. The molecule has 0 saturated carbocycles. The minimum absolute atomic E-state index is 0.0483. The summed E-state index contributed by atoms with van der Waals surface area (Å²) in [5.74, 6) is 0.0483. The Hall–Kier alpha value is -1.09. The Morgan fingerprint density at radius 1 is 1.33 bits per heavy atom. The van der Waals surface area contributed by atoms with Crippen LogP contribution in [0.4, 0.5) is 0 Å². The molecule has 0 amide bonds. The topological polar surface area (TPSA) is 37.3 Å². The van der Waals surface area contributed by atoms with Gasteiger partial charge in [0.05, 0.1) is 0 Å². The van der Waals surface area contributed by atoms with Crippen molar-refractivity contribution in [3.63, 3.8) is 0 Å². The maximum atomic E-state index is 10.9. The monoisotopic (exact) mass is 162 g/mol. The SMILES string of the molecule is CB(O)c1ccc(C(C)=O)cc1. The highest BCUT2D eigenvalue weighted by molar-refractivity contribution is 6.64. The van der Waals surface area contributed by atoms with Crippen molar-refractivity contribution in [3.05, 3.63) is 29.8 Å². The Morgan fingerprint density at radius 2 is 1.83 bits per heavy atom. The van der Waals surface area contributed by atoms with Crippen LogP contribution >= 0.6 is 0 Å². The predicted molar refractivity (Wildman–Crippen MR) is 49.9 cm³/mol. The van der Waals surface area contributed by atoms with Crippen LogP contribution in [0.1, 0.15) is 17.3 Å². The number of carbonyl (C=O) groups is 1. The highest BCUT2D eigenvalue weighted by Gasteiger charge is 2.06. The van der Waals surface area contributed by atoms with Crippen molar-refractivity contribution in [1.82, 2.24) is 0 Å². The quantitative estimate of drug-likeness (QED) is 0.513. The van der Waals surface area contributed by atoms with Crippen LogP contribution in [0, 0.1) is 0 Å². The van der Waals surface area contributed by atoms with Gasteiger partial charge in [-0.3, -0.25) is 4.79 Å². The zero-order chi connectivity index (χ0) is 9.14. The molecule has 0 spiro atoms. The molecule has 3 heteroatoms. The largest absolute Gasteiger partial charge is 0.447 e. The van der Waals surface area contributed by atoms with Gasteiger partial charge in [0, 0.05) is 5.56 Å². The van der Waals surface area contributed by atoms with E-state index < -0.39 is 6.92 Å². The smallest absolute Gasteiger partial charge is 0.320 e. The lowest BCUT2D eigenvalue weighted by molar-refractivity contribution is 0.101. The molecule has 0 aliphatic heterocycles. The van der Waals surface area contributed by atoms with E-state index in [0.29, 0.717) is 5.56 Å². The summed E-state index contributed by atoms with van der Waals surface area (Å²) in [7, 11) is 0. The van der Waals surface area contributed by atoms with E-state index in [1.165, 1.54) is 6.92 Å². The third-order valence-electron chi connectivity index (χ3n) is 1.80. The Kier molecular flexibility index (Phi) is 2.66. The van der Waals surface area contributed by atoms with Crippen LogP contribution in [0.5, 0.6) is 0 Å². The minimum atomic E-state index is -0.467. The van der Waals surface area contributed by atoms with Gasteiger partial charge in [-0.2, -0.15) is 0 Å². The second-order valence-electron chi connectivity index (χ2n) is 2.85. The van der Waals surface area contributed by atoms with Crippen LogP contribution in [0.25, 0.3) is 0 Å². The van der Waals surface area contributed by atoms with Crippen LogP contribution in [0.3, 0.4) is 0 Å². The number of benzene rings is 1. The summed E-state index contributed by atoms with van der Waals surface area (Å²) in [6, 6.07) is 6.98. The summed E-state index contributed by atoms with van der Waals surface area (Å²) < 4.78 is 0. The van der Waals surface area contributed by atoms with Crippen molar-refractivity contribution in [2.24, 2.45) is 0 Å². The summed E-state index contributed by atoms with van der Waals surface area (Å²) in [5.41, 5.74) is 1.51. The van der Waals surface area contributed by atoms with Crippen molar-refractivity contribution in [3.8, 4) is 0 Å². The van der Waals surface area contributed by atoms with Gasteiger partial charge in [-0.25, -0.2) is 0 Å². The van der Waals surface area contributed by atoms with Crippen LogP contribution in [0.15, 0.2) is 24.3 Å². The van der Waals surface area contributed by atoms with Crippen molar-refractivity contribution in [2.45, 2.75) is 13.7 Å². The molecule has 1 aromatic rings. The molecule has 1 N–H and O–H groups in total. The molecule has 0 aliphatic rings. The van der Waals surface area contributed by atoms with Crippen molar-refractivity contribution < 1.29 is 9.82 Å². The van der Waals surface area contributed by atoms with E-state index in [9.17, 15) is 4.79 Å². The van der Waals surface area contributed by atoms with E-state index in [0.717, 1.165) is 5.46 Å². The normalized spacial score (nSPS) is 9.58. The predicted octanol–water partition coefficient (Wildman–Crippen LogP) is 0.710. The molecular formula is C9H11BO2. The van der Waals surface area contributed by atoms with E-state index in [2.05, 4.69) is 0 Å². The van der Waals surface area contributed by atoms with Crippen LogP contribution < -0.4 is 5.46 Å². The number of ketones is 1. The average Bonchev–Trinajstić information content (AvgIpc) is 2.04. The molecule has 0 saturated heterocycles.